The second-order valence-electron chi connectivity index (χ2n) is 8.20. The first-order valence-electron chi connectivity index (χ1n) is 9.08. The molecule has 1 amide bonds. The van der Waals surface area contributed by atoms with Gasteiger partial charge in [-0.1, -0.05) is 23.8 Å². The second-order valence-corrected chi connectivity index (χ2v) is 11.0. The summed E-state index contributed by atoms with van der Waals surface area (Å²) in [6, 6.07) is 5.03. The monoisotopic (exact) mass is 437 g/mol. The second kappa shape index (κ2) is 7.18. The lowest BCUT2D eigenvalue weighted by Gasteiger charge is -2.28. The maximum Gasteiger partial charge on any atom is 0.415 e. The third-order valence-corrected chi connectivity index (χ3v) is 7.12. The van der Waals surface area contributed by atoms with E-state index in [1.807, 2.05) is 0 Å². The van der Waals surface area contributed by atoms with Gasteiger partial charge in [-0.3, -0.25) is 4.90 Å². The van der Waals surface area contributed by atoms with Crippen molar-refractivity contribution in [2.75, 3.05) is 11.9 Å². The van der Waals surface area contributed by atoms with E-state index in [4.69, 9.17) is 16.3 Å². The highest BCUT2D eigenvalue weighted by Gasteiger charge is 2.40. The number of anilines is 1. The van der Waals surface area contributed by atoms with Gasteiger partial charge in [0, 0.05) is 30.1 Å². The van der Waals surface area contributed by atoms with E-state index in [0.29, 0.717) is 10.4 Å². The standard InChI is InChI=1S/C20H24ClN3O4S/c1-19(2,3)28-18(25)23(5)16-9-8-14-10-12-24(17(14)22-16)29(26,27)20(4)11-6-7-15(21)13-20/h6-12H,13H2,1-5H3. The van der Waals surface area contributed by atoms with Gasteiger partial charge in [-0.2, -0.15) is 0 Å². The number of carbonyl (C=O) groups is 1. The normalized spacial score (nSPS) is 19.9. The Balaban J connectivity index is 2.03. The Hall–Kier alpha value is -2.32. The van der Waals surface area contributed by atoms with Gasteiger partial charge in [0.15, 0.2) is 5.65 Å². The highest BCUT2D eigenvalue weighted by Crippen LogP contribution is 2.35. The number of ether oxygens (including phenoxy) is 1. The number of nitrogens with zero attached hydrogens (tertiary/aromatic N) is 3. The lowest BCUT2D eigenvalue weighted by atomic mass is 10.0. The van der Waals surface area contributed by atoms with Gasteiger partial charge in [0.05, 0.1) is 0 Å². The third-order valence-electron chi connectivity index (χ3n) is 4.59. The van der Waals surface area contributed by atoms with Crippen LogP contribution in [-0.2, 0) is 14.8 Å². The first-order chi connectivity index (χ1) is 13.3. The van der Waals surface area contributed by atoms with Crippen LogP contribution < -0.4 is 4.90 Å². The number of aromatic nitrogens is 2. The Bertz CT molecular complexity index is 1130. The summed E-state index contributed by atoms with van der Waals surface area (Å²) in [6.07, 6.45) is 6.00. The maximum absolute atomic E-state index is 13.4. The molecular weight excluding hydrogens is 414 g/mol. The van der Waals surface area contributed by atoms with Crippen LogP contribution in [0.3, 0.4) is 0 Å². The number of amides is 1. The first kappa shape index (κ1) is 21.4. The fraction of sp³-hybridized carbons (Fsp3) is 0.400. The fourth-order valence-electron chi connectivity index (χ4n) is 2.99. The van der Waals surface area contributed by atoms with Crippen LogP contribution in [0.4, 0.5) is 10.6 Å². The quantitative estimate of drug-likeness (QED) is 0.709. The minimum atomic E-state index is -3.86. The van der Waals surface area contributed by atoms with Crippen LogP contribution in [-0.4, -0.2) is 40.9 Å². The van der Waals surface area contributed by atoms with Crippen molar-refractivity contribution in [3.05, 3.63) is 47.7 Å². The molecule has 0 fully saturated rings. The molecule has 29 heavy (non-hydrogen) atoms. The number of allylic oxidation sites excluding steroid dienone is 3. The Morgan fingerprint density at radius 3 is 2.62 bits per heavy atom. The molecule has 0 spiro atoms. The van der Waals surface area contributed by atoms with E-state index in [2.05, 4.69) is 4.98 Å². The summed E-state index contributed by atoms with van der Waals surface area (Å²) in [6.45, 7) is 6.93. The SMILES string of the molecule is CN(C(=O)OC(C)(C)C)c1ccc2ccn(S(=O)(=O)C3(C)C=CC=C(Cl)C3)c2n1. The molecule has 0 radical (unpaired) electrons. The molecule has 7 nitrogen and oxygen atoms in total. The first-order valence-corrected chi connectivity index (χ1v) is 10.9. The molecule has 0 bridgehead atoms. The van der Waals surface area contributed by atoms with Crippen molar-refractivity contribution in [2.24, 2.45) is 0 Å². The van der Waals surface area contributed by atoms with Crippen molar-refractivity contribution in [3.63, 3.8) is 0 Å². The average molecular weight is 438 g/mol. The zero-order chi connectivity index (χ0) is 21.6. The van der Waals surface area contributed by atoms with E-state index in [1.54, 1.807) is 64.1 Å². The molecule has 2 heterocycles. The number of fused-ring (bicyclic) bond motifs is 1. The van der Waals surface area contributed by atoms with E-state index in [1.165, 1.54) is 18.1 Å². The van der Waals surface area contributed by atoms with Crippen molar-refractivity contribution in [3.8, 4) is 0 Å². The predicted molar refractivity (Wildman–Crippen MR) is 115 cm³/mol. The van der Waals surface area contributed by atoms with E-state index in [9.17, 15) is 13.2 Å². The summed E-state index contributed by atoms with van der Waals surface area (Å²) in [5.74, 6) is 0.282. The van der Waals surface area contributed by atoms with Crippen molar-refractivity contribution < 1.29 is 17.9 Å². The zero-order valence-electron chi connectivity index (χ0n) is 17.0. The van der Waals surface area contributed by atoms with E-state index >= 15 is 0 Å². The van der Waals surface area contributed by atoms with Gasteiger partial charge in [-0.05, 0) is 52.0 Å². The molecule has 2 aromatic heterocycles. The van der Waals surface area contributed by atoms with E-state index < -0.39 is 26.5 Å². The van der Waals surface area contributed by atoms with Crippen LogP contribution in [0.5, 0.6) is 0 Å². The summed E-state index contributed by atoms with van der Waals surface area (Å²) in [5.41, 5.74) is -0.425. The molecule has 1 aliphatic carbocycles. The molecule has 1 unspecified atom stereocenters. The van der Waals surface area contributed by atoms with Gasteiger partial charge in [-0.25, -0.2) is 22.2 Å². The van der Waals surface area contributed by atoms with Crippen molar-refractivity contribution in [1.29, 1.82) is 0 Å². The predicted octanol–water partition coefficient (Wildman–Crippen LogP) is 4.43. The highest BCUT2D eigenvalue weighted by atomic mass is 35.5. The van der Waals surface area contributed by atoms with Crippen LogP contribution in [0.1, 0.15) is 34.1 Å². The Morgan fingerprint density at radius 1 is 1.31 bits per heavy atom. The van der Waals surface area contributed by atoms with Gasteiger partial charge in [0.2, 0.25) is 10.0 Å². The summed E-state index contributed by atoms with van der Waals surface area (Å²) in [5, 5.41) is 1.10. The molecule has 0 aromatic carbocycles. The summed E-state index contributed by atoms with van der Waals surface area (Å²) in [4.78, 5) is 18.0. The third kappa shape index (κ3) is 4.04. The molecule has 0 saturated heterocycles. The van der Waals surface area contributed by atoms with Gasteiger partial charge in [0.25, 0.3) is 0 Å². The number of carbonyl (C=O) groups excluding carboxylic acids is 1. The molecule has 0 aliphatic heterocycles. The Kier molecular flexibility index (Phi) is 5.29. The minimum Gasteiger partial charge on any atom is -0.443 e. The van der Waals surface area contributed by atoms with Crippen LogP contribution in [0.15, 0.2) is 47.7 Å². The van der Waals surface area contributed by atoms with Crippen LogP contribution in [0.2, 0.25) is 0 Å². The molecule has 0 N–H and O–H groups in total. The van der Waals surface area contributed by atoms with Crippen molar-refractivity contribution in [1.82, 2.24) is 8.96 Å². The molecule has 3 rings (SSSR count). The molecular formula is C20H24ClN3O4S. The minimum absolute atomic E-state index is 0.171. The lowest BCUT2D eigenvalue weighted by Crippen LogP contribution is -2.38. The zero-order valence-corrected chi connectivity index (χ0v) is 18.6. The summed E-state index contributed by atoms with van der Waals surface area (Å²) < 4.78 is 32.1. The van der Waals surface area contributed by atoms with Crippen molar-refractivity contribution in [2.45, 2.75) is 44.5 Å². The largest absolute Gasteiger partial charge is 0.443 e. The molecule has 9 heteroatoms. The summed E-state index contributed by atoms with van der Waals surface area (Å²) >= 11 is 6.10. The van der Waals surface area contributed by atoms with Crippen molar-refractivity contribution >= 4 is 44.6 Å². The highest BCUT2D eigenvalue weighted by molar-refractivity contribution is 7.91. The fourth-order valence-corrected chi connectivity index (χ4v) is 5.05. The van der Waals surface area contributed by atoms with Crippen LogP contribution >= 0.6 is 11.6 Å². The van der Waals surface area contributed by atoms with E-state index in [-0.39, 0.29) is 17.9 Å². The van der Waals surface area contributed by atoms with Crippen LogP contribution in [0.25, 0.3) is 11.0 Å². The molecule has 2 aromatic rings. The van der Waals surface area contributed by atoms with Gasteiger partial charge in [0.1, 0.15) is 16.2 Å². The van der Waals surface area contributed by atoms with Gasteiger partial charge < -0.3 is 4.74 Å². The maximum atomic E-state index is 13.4. The van der Waals surface area contributed by atoms with Crippen LogP contribution in [0, 0.1) is 0 Å². The topological polar surface area (TPSA) is 81.5 Å². The van der Waals surface area contributed by atoms with Gasteiger partial charge in [-0.15, -0.1) is 0 Å². The smallest absolute Gasteiger partial charge is 0.415 e. The number of pyridine rings is 1. The molecule has 156 valence electrons. The lowest BCUT2D eigenvalue weighted by molar-refractivity contribution is 0.0588. The number of rotatable bonds is 3. The Morgan fingerprint density at radius 2 is 2.00 bits per heavy atom. The van der Waals surface area contributed by atoms with Gasteiger partial charge >= 0.3 is 6.09 Å². The number of hydrogen-bond donors (Lipinski definition) is 0. The number of hydrogen-bond acceptors (Lipinski definition) is 5. The molecule has 1 atom stereocenters. The molecule has 1 aliphatic rings. The Labute approximate surface area is 175 Å². The number of halogens is 1. The van der Waals surface area contributed by atoms with E-state index in [0.717, 1.165) is 3.97 Å². The summed E-state index contributed by atoms with van der Waals surface area (Å²) in [7, 11) is -2.33. The average Bonchev–Trinajstić information content (AvgIpc) is 3.03. The molecule has 0 saturated carbocycles.